The summed E-state index contributed by atoms with van der Waals surface area (Å²) in [5, 5.41) is 9.86. The first-order valence-electron chi connectivity index (χ1n) is 6.09. The van der Waals surface area contributed by atoms with Crippen LogP contribution in [0.25, 0.3) is 11.3 Å². The number of hydrogen-bond acceptors (Lipinski definition) is 2. The Hall–Kier alpha value is -1.99. The van der Waals surface area contributed by atoms with Gasteiger partial charge >= 0.3 is 0 Å². The zero-order valence-electron chi connectivity index (χ0n) is 11.2. The van der Waals surface area contributed by atoms with Crippen molar-refractivity contribution in [1.29, 1.82) is 5.26 Å². The fourth-order valence-electron chi connectivity index (χ4n) is 2.00. The third-order valence-electron chi connectivity index (χ3n) is 2.99. The van der Waals surface area contributed by atoms with Crippen LogP contribution in [-0.4, -0.2) is 13.1 Å². The van der Waals surface area contributed by atoms with E-state index < -0.39 is 8.07 Å². The van der Waals surface area contributed by atoms with Gasteiger partial charge in [-0.25, -0.2) is 4.39 Å². The standard InChI is InChI=1S/C15H15FN2Si/c1-19(2,3)13-8-4-7-12(14(13)16)15-11(10-17)6-5-9-18-15/h4-9H,1-3H3. The molecule has 0 aliphatic heterocycles. The SMILES string of the molecule is C[Si](C)(C)c1cccc(-c2ncccc2C#N)c1F. The van der Waals surface area contributed by atoms with E-state index in [1.54, 1.807) is 24.4 Å². The van der Waals surface area contributed by atoms with Gasteiger partial charge in [0.25, 0.3) is 0 Å². The van der Waals surface area contributed by atoms with Gasteiger partial charge in [0, 0.05) is 11.8 Å². The highest BCUT2D eigenvalue weighted by Crippen LogP contribution is 2.24. The summed E-state index contributed by atoms with van der Waals surface area (Å²) in [5.41, 5.74) is 1.23. The molecule has 0 fully saturated rings. The highest BCUT2D eigenvalue weighted by atomic mass is 28.3. The molecule has 2 rings (SSSR count). The Morgan fingerprint density at radius 1 is 1.16 bits per heavy atom. The van der Waals surface area contributed by atoms with Crippen LogP contribution in [0.4, 0.5) is 4.39 Å². The van der Waals surface area contributed by atoms with Gasteiger partial charge in [-0.05, 0) is 23.4 Å². The molecule has 4 heteroatoms. The van der Waals surface area contributed by atoms with Gasteiger partial charge in [0.05, 0.1) is 19.3 Å². The van der Waals surface area contributed by atoms with Crippen molar-refractivity contribution >= 4 is 13.3 Å². The minimum absolute atomic E-state index is 0.239. The topological polar surface area (TPSA) is 36.7 Å². The Balaban J connectivity index is 2.68. The first-order valence-corrected chi connectivity index (χ1v) is 9.59. The van der Waals surface area contributed by atoms with Crippen LogP contribution in [0.2, 0.25) is 19.6 Å². The molecule has 0 amide bonds. The summed E-state index contributed by atoms with van der Waals surface area (Å²) in [5.74, 6) is -0.239. The van der Waals surface area contributed by atoms with E-state index in [-0.39, 0.29) is 5.82 Å². The Labute approximate surface area is 113 Å². The van der Waals surface area contributed by atoms with Crippen molar-refractivity contribution in [2.75, 3.05) is 0 Å². The number of benzene rings is 1. The summed E-state index contributed by atoms with van der Waals surface area (Å²) in [6.07, 6.45) is 1.58. The van der Waals surface area contributed by atoms with Crippen LogP contribution >= 0.6 is 0 Å². The number of aromatic nitrogens is 1. The predicted molar refractivity (Wildman–Crippen MR) is 77.3 cm³/mol. The second kappa shape index (κ2) is 4.94. The van der Waals surface area contributed by atoms with Crippen molar-refractivity contribution in [2.24, 2.45) is 0 Å². The van der Waals surface area contributed by atoms with E-state index in [9.17, 15) is 4.39 Å². The minimum Gasteiger partial charge on any atom is -0.255 e. The zero-order chi connectivity index (χ0) is 14.0. The highest BCUT2D eigenvalue weighted by molar-refractivity contribution is 6.88. The first-order chi connectivity index (χ1) is 8.95. The average Bonchev–Trinajstić information content (AvgIpc) is 2.37. The molecule has 0 atom stereocenters. The van der Waals surface area contributed by atoms with Crippen molar-refractivity contribution in [3.05, 3.63) is 47.9 Å². The molecule has 0 saturated heterocycles. The summed E-state index contributed by atoms with van der Waals surface area (Å²) in [4.78, 5) is 4.16. The molecule has 1 heterocycles. The smallest absolute Gasteiger partial charge is 0.131 e. The Kier molecular flexibility index (Phi) is 3.50. The lowest BCUT2D eigenvalue weighted by molar-refractivity contribution is 0.638. The molecule has 0 aliphatic rings. The Morgan fingerprint density at radius 3 is 2.53 bits per heavy atom. The lowest BCUT2D eigenvalue weighted by Crippen LogP contribution is -2.40. The van der Waals surface area contributed by atoms with Crippen LogP contribution in [0, 0.1) is 17.1 Å². The van der Waals surface area contributed by atoms with Gasteiger partial charge in [-0.15, -0.1) is 0 Å². The van der Waals surface area contributed by atoms with E-state index in [4.69, 9.17) is 5.26 Å². The first kappa shape index (κ1) is 13.4. The maximum absolute atomic E-state index is 14.7. The summed E-state index contributed by atoms with van der Waals surface area (Å²) in [7, 11) is -1.76. The molecular weight excluding hydrogens is 255 g/mol. The average molecular weight is 270 g/mol. The van der Waals surface area contributed by atoms with Crippen molar-refractivity contribution in [3.63, 3.8) is 0 Å². The van der Waals surface area contributed by atoms with Crippen LogP contribution in [0.15, 0.2) is 36.5 Å². The van der Waals surface area contributed by atoms with E-state index >= 15 is 0 Å². The molecule has 2 aromatic rings. The zero-order valence-corrected chi connectivity index (χ0v) is 12.2. The van der Waals surface area contributed by atoms with Crippen molar-refractivity contribution < 1.29 is 4.39 Å². The minimum atomic E-state index is -1.76. The molecule has 96 valence electrons. The molecule has 1 aromatic carbocycles. The van der Waals surface area contributed by atoms with E-state index in [0.29, 0.717) is 16.8 Å². The van der Waals surface area contributed by atoms with Gasteiger partial charge in [-0.3, -0.25) is 4.98 Å². The van der Waals surface area contributed by atoms with Crippen molar-refractivity contribution in [1.82, 2.24) is 4.98 Å². The number of rotatable bonds is 2. The van der Waals surface area contributed by atoms with Crippen LogP contribution in [-0.2, 0) is 0 Å². The van der Waals surface area contributed by atoms with Gasteiger partial charge in [0.15, 0.2) is 0 Å². The molecule has 19 heavy (non-hydrogen) atoms. The molecule has 0 bridgehead atoms. The van der Waals surface area contributed by atoms with Gasteiger partial charge in [0.2, 0.25) is 0 Å². The van der Waals surface area contributed by atoms with Gasteiger partial charge in [-0.2, -0.15) is 5.26 Å². The van der Waals surface area contributed by atoms with Gasteiger partial charge in [0.1, 0.15) is 11.9 Å². The molecule has 0 aliphatic carbocycles. The molecule has 0 radical (unpaired) electrons. The summed E-state index contributed by atoms with van der Waals surface area (Å²) < 4.78 is 14.7. The molecule has 0 saturated carbocycles. The summed E-state index contributed by atoms with van der Waals surface area (Å²) in [6.45, 7) is 6.29. The van der Waals surface area contributed by atoms with Crippen LogP contribution in [0.1, 0.15) is 5.56 Å². The molecule has 2 nitrogen and oxygen atoms in total. The number of hydrogen-bond donors (Lipinski definition) is 0. The lowest BCUT2D eigenvalue weighted by atomic mass is 10.1. The molecule has 0 spiro atoms. The van der Waals surface area contributed by atoms with Crippen LogP contribution < -0.4 is 5.19 Å². The fourth-order valence-corrected chi connectivity index (χ4v) is 3.39. The number of nitriles is 1. The second-order valence-corrected chi connectivity index (χ2v) is 10.5. The number of pyridine rings is 1. The predicted octanol–water partition coefficient (Wildman–Crippen LogP) is 3.30. The van der Waals surface area contributed by atoms with E-state index in [1.165, 1.54) is 0 Å². The molecule has 0 unspecified atom stereocenters. The normalized spacial score (nSPS) is 11.1. The van der Waals surface area contributed by atoms with E-state index in [2.05, 4.69) is 30.7 Å². The fraction of sp³-hybridized carbons (Fsp3) is 0.200. The van der Waals surface area contributed by atoms with E-state index in [0.717, 1.165) is 5.19 Å². The third kappa shape index (κ3) is 2.56. The van der Waals surface area contributed by atoms with Gasteiger partial charge in [-0.1, -0.05) is 31.8 Å². The molecular formula is C15H15FN2Si. The largest absolute Gasteiger partial charge is 0.255 e. The number of halogens is 1. The Morgan fingerprint density at radius 2 is 1.89 bits per heavy atom. The maximum atomic E-state index is 14.7. The maximum Gasteiger partial charge on any atom is 0.131 e. The van der Waals surface area contributed by atoms with Crippen molar-refractivity contribution in [3.8, 4) is 17.3 Å². The molecule has 0 N–H and O–H groups in total. The second-order valence-electron chi connectivity index (χ2n) is 5.43. The Bertz CT molecular complexity index is 654. The lowest BCUT2D eigenvalue weighted by Gasteiger charge is -2.19. The van der Waals surface area contributed by atoms with Gasteiger partial charge < -0.3 is 0 Å². The van der Waals surface area contributed by atoms with Crippen LogP contribution in [0.3, 0.4) is 0 Å². The third-order valence-corrected chi connectivity index (χ3v) is 4.99. The molecule has 1 aromatic heterocycles. The highest BCUT2D eigenvalue weighted by Gasteiger charge is 2.23. The summed E-state index contributed by atoms with van der Waals surface area (Å²) >= 11 is 0. The van der Waals surface area contributed by atoms with Crippen molar-refractivity contribution in [2.45, 2.75) is 19.6 Å². The quantitative estimate of drug-likeness (QED) is 0.785. The van der Waals surface area contributed by atoms with Crippen LogP contribution in [0.5, 0.6) is 0 Å². The monoisotopic (exact) mass is 270 g/mol. The van der Waals surface area contributed by atoms with E-state index in [1.807, 2.05) is 12.1 Å². The summed E-state index contributed by atoms with van der Waals surface area (Å²) in [6, 6.07) is 10.8. The number of nitrogens with zero attached hydrogens (tertiary/aromatic N) is 2.